The van der Waals surface area contributed by atoms with Gasteiger partial charge in [-0.25, -0.2) is 4.98 Å². The van der Waals surface area contributed by atoms with E-state index in [0.29, 0.717) is 44.2 Å². The lowest BCUT2D eigenvalue weighted by Crippen LogP contribution is -2.49. The van der Waals surface area contributed by atoms with E-state index in [0.717, 1.165) is 51.3 Å². The largest absolute Gasteiger partial charge is 0.447 e. The van der Waals surface area contributed by atoms with E-state index in [-0.39, 0.29) is 12.0 Å². The number of hydrogen-bond donors (Lipinski definition) is 1. The number of amides is 1. The monoisotopic (exact) mass is 517 g/mol. The molecule has 3 heterocycles. The van der Waals surface area contributed by atoms with E-state index >= 15 is 0 Å². The Morgan fingerprint density at radius 2 is 1.61 bits per heavy atom. The molecule has 0 radical (unpaired) electrons. The maximum Gasteiger partial charge on any atom is 0.275 e. The fourth-order valence-electron chi connectivity index (χ4n) is 5.48. The van der Waals surface area contributed by atoms with Crippen LogP contribution >= 0.6 is 0 Å². The molecular formula is C30H39N5O3. The van der Waals surface area contributed by atoms with Crippen LogP contribution in [0.1, 0.15) is 34.4 Å². The van der Waals surface area contributed by atoms with Crippen molar-refractivity contribution in [1.29, 1.82) is 0 Å². The number of piperazine rings is 2. The molecule has 5 rings (SSSR count). The topological polar surface area (TPSA) is 76.3 Å². The lowest BCUT2D eigenvalue weighted by molar-refractivity contribution is 0.0675. The SMILES string of the molecule is CCc1ccccc1N1CCN(C(=O)c2coc(CN3CCN(C[C@H](O)Cc4ccccc4)CC3)n2)CC1. The number of para-hydroxylation sites is 1. The Kier molecular flexibility index (Phi) is 8.73. The fraction of sp³-hybridized carbons (Fsp3) is 0.467. The van der Waals surface area contributed by atoms with Crippen molar-refractivity contribution in [1.82, 2.24) is 19.7 Å². The van der Waals surface area contributed by atoms with Crippen molar-refractivity contribution in [3.63, 3.8) is 0 Å². The van der Waals surface area contributed by atoms with E-state index in [9.17, 15) is 9.90 Å². The molecule has 1 N–H and O–H groups in total. The molecule has 1 aromatic heterocycles. The summed E-state index contributed by atoms with van der Waals surface area (Å²) in [7, 11) is 0. The maximum absolute atomic E-state index is 13.1. The van der Waals surface area contributed by atoms with E-state index in [4.69, 9.17) is 4.42 Å². The molecular weight excluding hydrogens is 478 g/mol. The Labute approximate surface area is 225 Å². The molecule has 2 aromatic carbocycles. The maximum atomic E-state index is 13.1. The van der Waals surface area contributed by atoms with Crippen molar-refractivity contribution in [3.8, 4) is 0 Å². The minimum absolute atomic E-state index is 0.0550. The van der Waals surface area contributed by atoms with Crippen molar-refractivity contribution in [2.24, 2.45) is 0 Å². The number of β-amino-alcohol motifs (C(OH)–C–C–N with tert-alkyl or cyclic N) is 1. The van der Waals surface area contributed by atoms with Crippen LogP contribution in [0.15, 0.2) is 65.3 Å². The highest BCUT2D eigenvalue weighted by Gasteiger charge is 2.26. The third kappa shape index (κ3) is 6.62. The Morgan fingerprint density at radius 3 is 2.34 bits per heavy atom. The van der Waals surface area contributed by atoms with Crippen LogP contribution in [0.2, 0.25) is 0 Å². The predicted molar refractivity (Wildman–Crippen MR) is 148 cm³/mol. The van der Waals surface area contributed by atoms with Crippen LogP contribution in [0.5, 0.6) is 0 Å². The number of anilines is 1. The number of oxazole rings is 1. The van der Waals surface area contributed by atoms with Gasteiger partial charge < -0.3 is 19.3 Å². The molecule has 0 spiro atoms. The smallest absolute Gasteiger partial charge is 0.275 e. The number of carbonyl (C=O) groups excluding carboxylic acids is 1. The van der Waals surface area contributed by atoms with Crippen LogP contribution in [0, 0.1) is 0 Å². The van der Waals surface area contributed by atoms with E-state index in [2.05, 4.69) is 63.0 Å². The van der Waals surface area contributed by atoms with E-state index < -0.39 is 0 Å². The normalized spacial score (nSPS) is 18.1. The van der Waals surface area contributed by atoms with E-state index in [1.807, 2.05) is 23.1 Å². The van der Waals surface area contributed by atoms with Gasteiger partial charge in [-0.05, 0) is 30.0 Å². The highest BCUT2D eigenvalue weighted by molar-refractivity contribution is 5.92. The number of aliphatic hydroxyl groups excluding tert-OH is 1. The second-order valence-corrected chi connectivity index (χ2v) is 10.3. The number of aryl methyl sites for hydroxylation is 1. The molecule has 3 aromatic rings. The van der Waals surface area contributed by atoms with Gasteiger partial charge in [0.15, 0.2) is 5.69 Å². The van der Waals surface area contributed by atoms with Crippen LogP contribution in [-0.2, 0) is 19.4 Å². The first-order chi connectivity index (χ1) is 18.6. The molecule has 2 aliphatic rings. The zero-order valence-corrected chi connectivity index (χ0v) is 22.3. The number of carbonyl (C=O) groups is 1. The second-order valence-electron chi connectivity index (χ2n) is 10.3. The highest BCUT2D eigenvalue weighted by atomic mass is 16.3. The summed E-state index contributed by atoms with van der Waals surface area (Å²) >= 11 is 0. The molecule has 1 atom stereocenters. The third-order valence-electron chi connectivity index (χ3n) is 7.66. The first-order valence-corrected chi connectivity index (χ1v) is 13.8. The number of benzene rings is 2. The molecule has 1 amide bonds. The van der Waals surface area contributed by atoms with Crippen molar-refractivity contribution < 1.29 is 14.3 Å². The molecule has 0 unspecified atom stereocenters. The minimum Gasteiger partial charge on any atom is -0.447 e. The van der Waals surface area contributed by atoms with Crippen LogP contribution in [0.4, 0.5) is 5.69 Å². The fourth-order valence-corrected chi connectivity index (χ4v) is 5.48. The van der Waals surface area contributed by atoms with Crippen LogP contribution in [-0.4, -0.2) is 95.7 Å². The van der Waals surface area contributed by atoms with Crippen LogP contribution in [0.3, 0.4) is 0 Å². The third-order valence-corrected chi connectivity index (χ3v) is 7.66. The lowest BCUT2D eigenvalue weighted by atomic mass is 10.1. The number of aliphatic hydroxyl groups is 1. The summed E-state index contributed by atoms with van der Waals surface area (Å²) in [6.07, 6.45) is 2.82. The van der Waals surface area contributed by atoms with Gasteiger partial charge in [-0.15, -0.1) is 0 Å². The molecule has 2 aliphatic heterocycles. The van der Waals surface area contributed by atoms with Gasteiger partial charge in [0.25, 0.3) is 5.91 Å². The van der Waals surface area contributed by atoms with Gasteiger partial charge in [0.1, 0.15) is 6.26 Å². The molecule has 2 saturated heterocycles. The Morgan fingerprint density at radius 1 is 0.921 bits per heavy atom. The zero-order chi connectivity index (χ0) is 26.3. The highest BCUT2D eigenvalue weighted by Crippen LogP contribution is 2.23. The summed E-state index contributed by atoms with van der Waals surface area (Å²) in [6, 6.07) is 18.7. The summed E-state index contributed by atoms with van der Waals surface area (Å²) in [5.41, 5.74) is 4.18. The molecule has 202 valence electrons. The number of aromatic nitrogens is 1. The van der Waals surface area contributed by atoms with Gasteiger partial charge in [0.2, 0.25) is 5.89 Å². The summed E-state index contributed by atoms with van der Waals surface area (Å²) in [5.74, 6) is 0.530. The van der Waals surface area contributed by atoms with Gasteiger partial charge in [-0.1, -0.05) is 55.5 Å². The van der Waals surface area contributed by atoms with Crippen molar-refractivity contribution in [2.75, 3.05) is 63.8 Å². The second kappa shape index (κ2) is 12.6. The summed E-state index contributed by atoms with van der Waals surface area (Å²) < 4.78 is 5.69. The number of rotatable bonds is 9. The molecule has 0 bridgehead atoms. The average Bonchev–Trinajstić information content (AvgIpc) is 3.43. The Hall–Kier alpha value is -3.20. The van der Waals surface area contributed by atoms with Crippen LogP contribution < -0.4 is 4.90 Å². The van der Waals surface area contributed by atoms with Gasteiger partial charge >= 0.3 is 0 Å². The van der Waals surface area contributed by atoms with Crippen molar-refractivity contribution >= 4 is 11.6 Å². The quantitative estimate of drug-likeness (QED) is 0.468. The lowest BCUT2D eigenvalue weighted by Gasteiger charge is -2.36. The summed E-state index contributed by atoms with van der Waals surface area (Å²) in [6.45, 7) is 9.98. The van der Waals surface area contributed by atoms with Gasteiger partial charge in [-0.2, -0.15) is 0 Å². The Balaban J connectivity index is 1.06. The van der Waals surface area contributed by atoms with Crippen molar-refractivity contribution in [2.45, 2.75) is 32.4 Å². The van der Waals surface area contributed by atoms with E-state index in [1.54, 1.807) is 0 Å². The number of nitrogens with zero attached hydrogens (tertiary/aromatic N) is 5. The number of hydrogen-bond acceptors (Lipinski definition) is 7. The summed E-state index contributed by atoms with van der Waals surface area (Å²) in [4.78, 5) is 26.5. The Bertz CT molecular complexity index is 1170. The van der Waals surface area contributed by atoms with Gasteiger partial charge in [0.05, 0.1) is 12.6 Å². The van der Waals surface area contributed by atoms with Gasteiger partial charge in [-0.3, -0.25) is 14.6 Å². The molecule has 38 heavy (non-hydrogen) atoms. The minimum atomic E-state index is -0.368. The standard InChI is InChI=1S/C30H39N5O3/c1-2-25-10-6-7-11-28(25)34-16-18-35(19-17-34)30(37)27-23-38-29(31-27)22-33-14-12-32(13-15-33)21-26(36)20-24-8-4-3-5-9-24/h3-11,23,26,36H,2,12-22H2,1H3/t26-/m1/s1. The predicted octanol–water partition coefficient (Wildman–Crippen LogP) is 2.92. The first-order valence-electron chi connectivity index (χ1n) is 13.8. The van der Waals surface area contributed by atoms with Crippen molar-refractivity contribution in [3.05, 3.63) is 83.6 Å². The molecule has 0 saturated carbocycles. The molecule has 0 aliphatic carbocycles. The molecule has 8 heteroatoms. The molecule has 2 fully saturated rings. The first kappa shape index (κ1) is 26.4. The average molecular weight is 518 g/mol. The van der Waals surface area contributed by atoms with Crippen LogP contribution in [0.25, 0.3) is 0 Å². The summed E-state index contributed by atoms with van der Waals surface area (Å²) in [5, 5.41) is 10.5. The zero-order valence-electron chi connectivity index (χ0n) is 22.3. The molecule has 8 nitrogen and oxygen atoms in total. The van der Waals surface area contributed by atoms with E-state index in [1.165, 1.54) is 17.5 Å². The van der Waals surface area contributed by atoms with Gasteiger partial charge in [0, 0.05) is 64.6 Å².